The second kappa shape index (κ2) is 10.8. The second-order valence-corrected chi connectivity index (χ2v) is 10.3. The molecule has 1 aromatic carbocycles. The number of H-pyrrole nitrogens is 1. The van der Waals surface area contributed by atoms with Crippen molar-refractivity contribution in [2.24, 2.45) is 0 Å². The molecule has 0 saturated carbocycles. The molecule has 194 valence electrons. The van der Waals surface area contributed by atoms with Crippen molar-refractivity contribution in [2.45, 2.75) is 63.6 Å². The number of fused-ring (bicyclic) bond motifs is 2. The molecule has 1 saturated heterocycles. The molecule has 1 amide bonds. The van der Waals surface area contributed by atoms with Crippen LogP contribution in [0.15, 0.2) is 36.7 Å². The Labute approximate surface area is 216 Å². The predicted octanol–water partition coefficient (Wildman–Crippen LogP) is 2.38. The molecular formula is C27H34N8O2. The third-order valence-corrected chi connectivity index (χ3v) is 7.67. The summed E-state index contributed by atoms with van der Waals surface area (Å²) in [7, 11) is 0. The maximum atomic E-state index is 12.7. The van der Waals surface area contributed by atoms with E-state index in [0.717, 1.165) is 81.9 Å². The fraction of sp³-hybridized carbons (Fsp3) is 0.519. The summed E-state index contributed by atoms with van der Waals surface area (Å²) in [6, 6.07) is 10.9. The predicted molar refractivity (Wildman–Crippen MR) is 138 cm³/mol. The molecule has 37 heavy (non-hydrogen) atoms. The van der Waals surface area contributed by atoms with Gasteiger partial charge in [-0.3, -0.25) is 9.69 Å². The highest BCUT2D eigenvalue weighted by molar-refractivity contribution is 5.76. The van der Waals surface area contributed by atoms with Gasteiger partial charge in [-0.25, -0.2) is 9.97 Å². The third kappa shape index (κ3) is 5.74. The molecule has 2 N–H and O–H groups in total. The van der Waals surface area contributed by atoms with Crippen molar-refractivity contribution in [3.05, 3.63) is 59.2 Å². The van der Waals surface area contributed by atoms with E-state index in [1.165, 1.54) is 11.1 Å². The summed E-state index contributed by atoms with van der Waals surface area (Å²) in [6.45, 7) is 4.08. The molecule has 0 bridgehead atoms. The number of hydrogen-bond acceptors (Lipinski definition) is 8. The minimum Gasteiger partial charge on any atom is -0.473 e. The van der Waals surface area contributed by atoms with Crippen LogP contribution >= 0.6 is 0 Å². The van der Waals surface area contributed by atoms with Gasteiger partial charge in [0.1, 0.15) is 23.9 Å². The van der Waals surface area contributed by atoms with E-state index in [2.05, 4.69) is 59.9 Å². The van der Waals surface area contributed by atoms with Crippen LogP contribution in [0.25, 0.3) is 0 Å². The Morgan fingerprint density at radius 2 is 1.95 bits per heavy atom. The smallest absolute Gasteiger partial charge is 0.222 e. The Hall–Kier alpha value is -3.53. The van der Waals surface area contributed by atoms with Gasteiger partial charge in [-0.05, 0) is 56.3 Å². The molecule has 3 aliphatic rings. The number of likely N-dealkylation sites (tertiary alicyclic amines) is 1. The second-order valence-electron chi connectivity index (χ2n) is 10.3. The van der Waals surface area contributed by atoms with Crippen molar-refractivity contribution >= 4 is 11.7 Å². The minimum absolute atomic E-state index is 0.0932. The van der Waals surface area contributed by atoms with Gasteiger partial charge in [-0.1, -0.05) is 24.3 Å². The number of amides is 1. The molecule has 1 aliphatic carbocycles. The summed E-state index contributed by atoms with van der Waals surface area (Å²) in [4.78, 5) is 25.8. The van der Waals surface area contributed by atoms with Crippen molar-refractivity contribution in [1.29, 1.82) is 0 Å². The van der Waals surface area contributed by atoms with Crippen LogP contribution in [0, 0.1) is 0 Å². The van der Waals surface area contributed by atoms with Crippen LogP contribution in [-0.4, -0.2) is 79.4 Å². The van der Waals surface area contributed by atoms with Gasteiger partial charge in [-0.2, -0.15) is 15.4 Å². The Morgan fingerprint density at radius 1 is 1.11 bits per heavy atom. The lowest BCUT2D eigenvalue weighted by atomic mass is 10.1. The van der Waals surface area contributed by atoms with Gasteiger partial charge in [0.2, 0.25) is 11.8 Å². The number of piperidine rings is 1. The van der Waals surface area contributed by atoms with E-state index in [4.69, 9.17) is 4.74 Å². The van der Waals surface area contributed by atoms with E-state index < -0.39 is 0 Å². The summed E-state index contributed by atoms with van der Waals surface area (Å²) in [5.41, 5.74) is 4.70. The normalized spacial score (nSPS) is 19.9. The molecule has 1 unspecified atom stereocenters. The number of aromatic amines is 1. The molecule has 2 aromatic heterocycles. The molecule has 0 spiro atoms. The number of carbonyl (C=O) groups excluding carboxylic acids is 1. The van der Waals surface area contributed by atoms with Gasteiger partial charge in [-0.15, -0.1) is 0 Å². The number of aromatic nitrogens is 5. The van der Waals surface area contributed by atoms with Gasteiger partial charge >= 0.3 is 0 Å². The van der Waals surface area contributed by atoms with Crippen LogP contribution < -0.4 is 10.1 Å². The number of nitrogens with one attached hydrogen (secondary N) is 2. The Balaban J connectivity index is 0.952. The maximum Gasteiger partial charge on any atom is 0.222 e. The van der Waals surface area contributed by atoms with E-state index in [1.807, 2.05) is 11.0 Å². The summed E-state index contributed by atoms with van der Waals surface area (Å²) in [5, 5.41) is 14.5. The van der Waals surface area contributed by atoms with Gasteiger partial charge < -0.3 is 15.0 Å². The molecule has 1 atom stereocenters. The average Bonchev–Trinajstić information content (AvgIpc) is 3.55. The van der Waals surface area contributed by atoms with E-state index in [-0.39, 0.29) is 12.0 Å². The average molecular weight is 503 g/mol. The highest BCUT2D eigenvalue weighted by Gasteiger charge is 2.25. The number of hydrogen-bond donors (Lipinski definition) is 2. The lowest BCUT2D eigenvalue weighted by Crippen LogP contribution is -2.42. The fourth-order valence-electron chi connectivity index (χ4n) is 5.76. The topological polar surface area (TPSA) is 112 Å². The number of rotatable bonds is 8. The van der Waals surface area contributed by atoms with E-state index in [1.54, 1.807) is 6.33 Å². The fourth-order valence-corrected chi connectivity index (χ4v) is 5.76. The largest absolute Gasteiger partial charge is 0.473 e. The number of nitrogens with zero attached hydrogens (tertiary/aromatic N) is 6. The molecule has 1 fully saturated rings. The number of benzene rings is 1. The molecular weight excluding hydrogens is 468 g/mol. The summed E-state index contributed by atoms with van der Waals surface area (Å²) < 4.78 is 6.28. The first-order valence-corrected chi connectivity index (χ1v) is 13.4. The standard InChI is InChI=1S/C27H34N8O2/c36-27(35-12-9-23-24(17-35)32-33-31-23)8-4-11-34-10-3-7-22(16-34)37-26-15-25(28-18-29-26)30-21-13-19-5-1-2-6-20(19)14-21/h1-2,5-6,15,18,21-22H,3-4,7-14,16-17H2,(H,28,29,30)(H,31,32,33). The molecule has 0 radical (unpaired) electrons. The highest BCUT2D eigenvalue weighted by atomic mass is 16.5. The lowest BCUT2D eigenvalue weighted by Gasteiger charge is -2.32. The highest BCUT2D eigenvalue weighted by Crippen LogP contribution is 2.25. The van der Waals surface area contributed by atoms with Crippen LogP contribution in [0.3, 0.4) is 0 Å². The summed E-state index contributed by atoms with van der Waals surface area (Å²) in [6.07, 6.45) is 7.96. The molecule has 10 nitrogen and oxygen atoms in total. The van der Waals surface area contributed by atoms with Crippen LogP contribution in [0.4, 0.5) is 5.82 Å². The first-order chi connectivity index (χ1) is 18.2. The van der Waals surface area contributed by atoms with Gasteiger partial charge in [0, 0.05) is 38.0 Å². The van der Waals surface area contributed by atoms with E-state index >= 15 is 0 Å². The van der Waals surface area contributed by atoms with Crippen molar-refractivity contribution < 1.29 is 9.53 Å². The number of carbonyl (C=O) groups is 1. The molecule has 2 aliphatic heterocycles. The Morgan fingerprint density at radius 3 is 2.81 bits per heavy atom. The van der Waals surface area contributed by atoms with Gasteiger partial charge in [0.05, 0.1) is 12.2 Å². The number of anilines is 1. The van der Waals surface area contributed by atoms with E-state index in [9.17, 15) is 4.79 Å². The minimum atomic E-state index is 0.0932. The first kappa shape index (κ1) is 23.8. The zero-order valence-corrected chi connectivity index (χ0v) is 21.1. The molecule has 10 heteroatoms. The van der Waals surface area contributed by atoms with E-state index in [0.29, 0.717) is 24.9 Å². The lowest BCUT2D eigenvalue weighted by molar-refractivity contribution is -0.132. The quantitative estimate of drug-likeness (QED) is 0.483. The van der Waals surface area contributed by atoms with Crippen LogP contribution in [0.1, 0.15) is 48.2 Å². The van der Waals surface area contributed by atoms with Crippen molar-refractivity contribution in [3.8, 4) is 5.88 Å². The summed E-state index contributed by atoms with van der Waals surface area (Å²) >= 11 is 0. The molecule has 4 heterocycles. The van der Waals surface area contributed by atoms with Crippen LogP contribution in [0.2, 0.25) is 0 Å². The van der Waals surface area contributed by atoms with Crippen molar-refractivity contribution in [1.82, 2.24) is 35.2 Å². The number of ether oxygens (including phenoxy) is 1. The Kier molecular flexibility index (Phi) is 6.98. The first-order valence-electron chi connectivity index (χ1n) is 13.4. The molecule has 3 aromatic rings. The summed E-state index contributed by atoms with van der Waals surface area (Å²) in [5.74, 6) is 1.63. The SMILES string of the molecule is O=C(CCCN1CCCC(Oc2cc(NC3Cc4ccccc4C3)ncn2)C1)N1CCc2n[nH]nc2C1. The Bertz CT molecular complexity index is 1210. The third-order valence-electron chi connectivity index (χ3n) is 7.67. The van der Waals surface area contributed by atoms with Crippen LogP contribution in [0.5, 0.6) is 5.88 Å². The van der Waals surface area contributed by atoms with Crippen molar-refractivity contribution in [3.63, 3.8) is 0 Å². The molecule has 6 rings (SSSR count). The maximum absolute atomic E-state index is 12.7. The van der Waals surface area contributed by atoms with Crippen LogP contribution in [-0.2, 0) is 30.6 Å². The zero-order chi connectivity index (χ0) is 25.0. The van der Waals surface area contributed by atoms with Gasteiger partial charge in [0.25, 0.3) is 0 Å². The van der Waals surface area contributed by atoms with Gasteiger partial charge in [0.15, 0.2) is 0 Å². The zero-order valence-electron chi connectivity index (χ0n) is 21.1. The monoisotopic (exact) mass is 502 g/mol. The van der Waals surface area contributed by atoms with Crippen molar-refractivity contribution in [2.75, 3.05) is 31.5 Å².